The first-order valence-corrected chi connectivity index (χ1v) is 14.2. The quantitative estimate of drug-likeness (QED) is 0.543. The van der Waals surface area contributed by atoms with E-state index in [1.807, 2.05) is 13.8 Å². The molecule has 4 heteroatoms. The third-order valence-corrected chi connectivity index (χ3v) is 13.6. The zero-order valence-electron chi connectivity index (χ0n) is 22.7. The molecule has 6 fully saturated rings. The average Bonchev–Trinajstić information content (AvgIpc) is 3.11. The van der Waals surface area contributed by atoms with E-state index in [-0.39, 0.29) is 34.4 Å². The summed E-state index contributed by atoms with van der Waals surface area (Å²) in [5.74, 6) is 1.76. The summed E-state index contributed by atoms with van der Waals surface area (Å²) < 4.78 is 6.67. The highest BCUT2D eigenvalue weighted by atomic mass is 16.5. The molecule has 6 aliphatic rings. The van der Waals surface area contributed by atoms with Crippen molar-refractivity contribution in [2.75, 3.05) is 0 Å². The van der Waals surface area contributed by atoms with Gasteiger partial charge in [0, 0.05) is 17.8 Å². The number of aliphatic hydroxyl groups excluding tert-OH is 1. The van der Waals surface area contributed by atoms with Gasteiger partial charge in [-0.1, -0.05) is 27.7 Å². The number of hydrogen-bond donors (Lipinski definition) is 2. The van der Waals surface area contributed by atoms with E-state index in [9.17, 15) is 15.0 Å². The minimum Gasteiger partial charge on any atom is -0.393 e. The van der Waals surface area contributed by atoms with Gasteiger partial charge in [0.15, 0.2) is 0 Å². The largest absolute Gasteiger partial charge is 0.393 e. The van der Waals surface area contributed by atoms with Crippen LogP contribution in [0, 0.1) is 44.8 Å². The molecule has 5 aliphatic carbocycles. The van der Waals surface area contributed by atoms with Crippen molar-refractivity contribution >= 4 is 5.78 Å². The Balaban J connectivity index is 1.35. The molecule has 0 aromatic rings. The molecule has 2 spiro atoms. The van der Waals surface area contributed by atoms with Gasteiger partial charge in [0.25, 0.3) is 0 Å². The van der Waals surface area contributed by atoms with Crippen LogP contribution < -0.4 is 0 Å². The fourth-order valence-corrected chi connectivity index (χ4v) is 11.9. The number of rotatable bonds is 2. The van der Waals surface area contributed by atoms with Gasteiger partial charge in [-0.05, 0) is 112 Å². The summed E-state index contributed by atoms with van der Waals surface area (Å²) in [4.78, 5) is 12.9. The molecule has 0 radical (unpaired) electrons. The van der Waals surface area contributed by atoms with Crippen LogP contribution in [0.5, 0.6) is 0 Å². The molecule has 1 heterocycles. The standard InChI is InChI=1S/C30H48O4/c1-24(2)19-8-9-20-27(6)16-18(31)23(28(7)12-11-22(34-28)25(3,4)33)26(27,5)14-15-30(20)17-29(19,30)13-10-21(24)32/h18-20,22-23,31,33H,8-17H2,1-7H3/t18-,19?,20?,22-,23?,26+,27-,28+,29+,30-/m0/s1. The van der Waals surface area contributed by atoms with Gasteiger partial charge in [-0.15, -0.1) is 0 Å². The summed E-state index contributed by atoms with van der Waals surface area (Å²) >= 11 is 0. The number of carbonyl (C=O) groups is 1. The number of ketones is 1. The second kappa shape index (κ2) is 6.51. The van der Waals surface area contributed by atoms with Crippen LogP contribution in [0.2, 0.25) is 0 Å². The Hall–Kier alpha value is -0.450. The third-order valence-electron chi connectivity index (χ3n) is 13.6. The smallest absolute Gasteiger partial charge is 0.138 e. The molecule has 3 unspecified atom stereocenters. The molecule has 0 aromatic carbocycles. The van der Waals surface area contributed by atoms with Gasteiger partial charge in [0.05, 0.1) is 23.4 Å². The molecule has 0 bridgehead atoms. The Kier molecular flexibility index (Phi) is 4.58. The van der Waals surface area contributed by atoms with Crippen molar-refractivity contribution in [3.63, 3.8) is 0 Å². The van der Waals surface area contributed by atoms with Gasteiger partial charge in [-0.2, -0.15) is 0 Å². The lowest BCUT2D eigenvalue weighted by Crippen LogP contribution is -2.59. The lowest BCUT2D eigenvalue weighted by atomic mass is 9.41. The monoisotopic (exact) mass is 472 g/mol. The Morgan fingerprint density at radius 1 is 0.882 bits per heavy atom. The van der Waals surface area contributed by atoms with E-state index in [4.69, 9.17) is 4.74 Å². The van der Waals surface area contributed by atoms with E-state index in [1.54, 1.807) is 0 Å². The predicted molar refractivity (Wildman–Crippen MR) is 132 cm³/mol. The Bertz CT molecular complexity index is 919. The van der Waals surface area contributed by atoms with Crippen molar-refractivity contribution in [1.82, 2.24) is 0 Å². The second-order valence-electron chi connectivity index (χ2n) is 15.5. The summed E-state index contributed by atoms with van der Waals surface area (Å²) in [6.07, 6.45) is 10.1. The van der Waals surface area contributed by atoms with Crippen LogP contribution in [0.15, 0.2) is 0 Å². The Morgan fingerprint density at radius 2 is 1.53 bits per heavy atom. The molecule has 5 saturated carbocycles. The molecule has 1 aliphatic heterocycles. The summed E-state index contributed by atoms with van der Waals surface area (Å²) in [6.45, 7) is 15.4. The van der Waals surface area contributed by atoms with Crippen LogP contribution in [-0.2, 0) is 9.53 Å². The van der Waals surface area contributed by atoms with Gasteiger partial charge >= 0.3 is 0 Å². The maximum atomic E-state index is 12.9. The second-order valence-corrected chi connectivity index (χ2v) is 15.5. The molecule has 192 valence electrons. The van der Waals surface area contributed by atoms with Crippen molar-refractivity contribution in [3.05, 3.63) is 0 Å². The summed E-state index contributed by atoms with van der Waals surface area (Å²) in [6, 6.07) is 0. The van der Waals surface area contributed by atoms with Crippen molar-refractivity contribution in [2.24, 2.45) is 44.8 Å². The number of hydrogen-bond acceptors (Lipinski definition) is 4. The number of ether oxygens (including phenoxy) is 1. The minimum absolute atomic E-state index is 0.0300. The van der Waals surface area contributed by atoms with E-state index in [0.717, 1.165) is 38.5 Å². The first-order chi connectivity index (χ1) is 15.6. The van der Waals surface area contributed by atoms with Crippen LogP contribution in [0.3, 0.4) is 0 Å². The van der Waals surface area contributed by atoms with Gasteiger partial charge in [-0.3, -0.25) is 4.79 Å². The third kappa shape index (κ3) is 2.55. The van der Waals surface area contributed by atoms with Crippen LogP contribution in [-0.4, -0.2) is 39.4 Å². The zero-order chi connectivity index (χ0) is 24.7. The van der Waals surface area contributed by atoms with E-state index >= 15 is 0 Å². The van der Waals surface area contributed by atoms with Crippen LogP contribution in [0.1, 0.15) is 113 Å². The van der Waals surface area contributed by atoms with E-state index in [2.05, 4.69) is 34.6 Å². The number of fused-ring (bicyclic) bond motifs is 2. The molecule has 6 rings (SSSR count). The van der Waals surface area contributed by atoms with Gasteiger partial charge in [-0.25, -0.2) is 0 Å². The molecular weight excluding hydrogens is 424 g/mol. The van der Waals surface area contributed by atoms with Crippen molar-refractivity contribution in [1.29, 1.82) is 0 Å². The predicted octanol–water partition coefficient (Wildman–Crippen LogP) is 5.67. The summed E-state index contributed by atoms with van der Waals surface area (Å²) in [5, 5.41) is 22.4. The molecule has 34 heavy (non-hydrogen) atoms. The summed E-state index contributed by atoms with van der Waals surface area (Å²) in [7, 11) is 0. The van der Waals surface area contributed by atoms with E-state index in [0.29, 0.717) is 28.4 Å². The highest BCUT2D eigenvalue weighted by Gasteiger charge is 2.83. The van der Waals surface area contributed by atoms with Crippen molar-refractivity contribution < 1.29 is 19.7 Å². The molecular formula is C30H48O4. The van der Waals surface area contributed by atoms with E-state index < -0.39 is 11.2 Å². The molecule has 4 nitrogen and oxygen atoms in total. The van der Waals surface area contributed by atoms with Crippen LogP contribution in [0.4, 0.5) is 0 Å². The fraction of sp³-hybridized carbons (Fsp3) is 0.967. The topological polar surface area (TPSA) is 66.8 Å². The Labute approximate surface area is 206 Å². The van der Waals surface area contributed by atoms with Gasteiger partial charge in [0.1, 0.15) is 5.78 Å². The van der Waals surface area contributed by atoms with E-state index in [1.165, 1.54) is 25.7 Å². The fourth-order valence-electron chi connectivity index (χ4n) is 11.9. The normalized spacial score (nSPS) is 58.0. The highest BCUT2D eigenvalue weighted by molar-refractivity contribution is 5.86. The first-order valence-electron chi connectivity index (χ1n) is 14.2. The van der Waals surface area contributed by atoms with Crippen molar-refractivity contribution in [2.45, 2.75) is 136 Å². The van der Waals surface area contributed by atoms with Gasteiger partial charge < -0.3 is 14.9 Å². The minimum atomic E-state index is -0.855. The van der Waals surface area contributed by atoms with Crippen LogP contribution >= 0.6 is 0 Å². The maximum absolute atomic E-state index is 12.9. The molecule has 2 N–H and O–H groups in total. The average molecular weight is 473 g/mol. The first kappa shape index (κ1) is 23.9. The van der Waals surface area contributed by atoms with Gasteiger partial charge in [0.2, 0.25) is 0 Å². The Morgan fingerprint density at radius 3 is 2.18 bits per heavy atom. The number of carbonyl (C=O) groups excluding carboxylic acids is 1. The molecule has 0 aromatic heterocycles. The highest BCUT2D eigenvalue weighted by Crippen LogP contribution is 2.89. The zero-order valence-corrected chi connectivity index (χ0v) is 22.7. The molecule has 10 atom stereocenters. The number of Topliss-reactive ketones (excluding diaryl/α,β-unsaturated/α-hetero) is 1. The molecule has 0 amide bonds. The summed E-state index contributed by atoms with van der Waals surface area (Å²) in [5.41, 5.74) is -0.560. The maximum Gasteiger partial charge on any atom is 0.138 e. The lowest BCUT2D eigenvalue weighted by Gasteiger charge is -2.63. The van der Waals surface area contributed by atoms with Crippen LogP contribution in [0.25, 0.3) is 0 Å². The number of aliphatic hydroxyl groups is 2. The SMILES string of the molecule is CC1(C)C(=O)CC[C@]23C[C@]24CC[C@]2(C)C([C@@]5(C)CC[C@@H](C(C)(C)O)O5)[C@@H](O)C[C@@]2(C)C4CCC13. The lowest BCUT2D eigenvalue weighted by molar-refractivity contribution is -0.192. The van der Waals surface area contributed by atoms with Crippen molar-refractivity contribution in [3.8, 4) is 0 Å². The molecule has 1 saturated heterocycles.